The number of rotatable bonds is 3. The first-order chi connectivity index (χ1) is 9.02. The van der Waals surface area contributed by atoms with E-state index in [1.807, 2.05) is 0 Å². The lowest BCUT2D eigenvalue weighted by molar-refractivity contribution is -0.127. The average molecular weight is 263 g/mol. The molecule has 102 valence electrons. The fourth-order valence-corrected chi connectivity index (χ4v) is 2.41. The third-order valence-electron chi connectivity index (χ3n) is 3.52. The Kier molecular flexibility index (Phi) is 3.69. The molecule has 1 aromatic rings. The van der Waals surface area contributed by atoms with Crippen LogP contribution in [0.3, 0.4) is 0 Å². The Morgan fingerprint density at radius 3 is 2.58 bits per heavy atom. The van der Waals surface area contributed by atoms with Crippen molar-refractivity contribution >= 4 is 11.9 Å². The second-order valence-electron chi connectivity index (χ2n) is 4.69. The third-order valence-corrected chi connectivity index (χ3v) is 3.52. The van der Waals surface area contributed by atoms with Crippen LogP contribution >= 0.6 is 0 Å². The molecular weight excluding hydrogens is 246 g/mol. The van der Waals surface area contributed by atoms with Gasteiger partial charge >= 0.3 is 5.97 Å². The number of nitrogens with zero attached hydrogens (tertiary/aromatic N) is 3. The number of likely N-dealkylation sites (tertiary alicyclic amines) is 1. The van der Waals surface area contributed by atoms with E-state index in [4.69, 9.17) is 5.11 Å². The first-order valence-electron chi connectivity index (χ1n) is 6.21. The van der Waals surface area contributed by atoms with Gasteiger partial charge in [0.15, 0.2) is 0 Å². The van der Waals surface area contributed by atoms with Gasteiger partial charge in [0.05, 0.1) is 5.69 Å². The normalized spacial score (nSPS) is 16.4. The number of carbonyl (C=O) groups excluding carboxylic acids is 1. The van der Waals surface area contributed by atoms with E-state index < -0.39 is 5.97 Å². The number of carbonyl (C=O) groups is 2. The van der Waals surface area contributed by atoms with Crippen LogP contribution in [0.15, 0.2) is 18.7 Å². The molecule has 1 fully saturated rings. The number of hydrogen-bond donors (Lipinski definition) is 1. The topological polar surface area (TPSA) is 75.4 Å². The Bertz CT molecular complexity index is 513. The lowest BCUT2D eigenvalue weighted by Gasteiger charge is -2.30. The molecule has 2 heterocycles. The molecule has 0 saturated carbocycles. The summed E-state index contributed by atoms with van der Waals surface area (Å²) in [5.74, 6) is -0.806. The molecule has 6 heteroatoms. The highest BCUT2D eigenvalue weighted by Crippen LogP contribution is 2.27. The molecule has 0 atom stereocenters. The van der Waals surface area contributed by atoms with Crippen LogP contribution in [0.1, 0.15) is 34.9 Å². The molecule has 6 nitrogen and oxygen atoms in total. The summed E-state index contributed by atoms with van der Waals surface area (Å²) in [6, 6.07) is 1.62. The number of aromatic nitrogens is 2. The zero-order valence-corrected chi connectivity index (χ0v) is 10.9. The summed E-state index contributed by atoms with van der Waals surface area (Å²) in [6.07, 6.45) is 2.93. The van der Waals surface area contributed by atoms with E-state index in [9.17, 15) is 9.59 Å². The maximum Gasteiger partial charge on any atom is 0.354 e. The molecule has 0 aromatic carbocycles. The fraction of sp³-hybridized carbons (Fsp3) is 0.462. The summed E-state index contributed by atoms with van der Waals surface area (Å²) in [4.78, 5) is 24.2. The molecule has 1 aliphatic heterocycles. The molecule has 0 spiro atoms. The van der Waals surface area contributed by atoms with Crippen LogP contribution in [0.2, 0.25) is 0 Å². The van der Waals surface area contributed by atoms with Crippen LogP contribution in [0, 0.1) is 0 Å². The molecule has 0 radical (unpaired) electrons. The Hall–Kier alpha value is -2.11. The van der Waals surface area contributed by atoms with E-state index in [1.54, 1.807) is 18.0 Å². The van der Waals surface area contributed by atoms with Crippen molar-refractivity contribution in [2.45, 2.75) is 18.8 Å². The minimum Gasteiger partial charge on any atom is -0.477 e. The fourth-order valence-electron chi connectivity index (χ4n) is 2.41. The van der Waals surface area contributed by atoms with Crippen molar-refractivity contribution in [3.8, 4) is 0 Å². The van der Waals surface area contributed by atoms with Crippen molar-refractivity contribution in [3.05, 3.63) is 30.1 Å². The van der Waals surface area contributed by atoms with Crippen LogP contribution in [0.25, 0.3) is 0 Å². The van der Waals surface area contributed by atoms with Crippen molar-refractivity contribution in [2.24, 2.45) is 7.05 Å². The second-order valence-corrected chi connectivity index (χ2v) is 4.69. The number of amides is 1. The molecule has 0 aliphatic carbocycles. The minimum atomic E-state index is -0.972. The van der Waals surface area contributed by atoms with Crippen molar-refractivity contribution < 1.29 is 14.7 Å². The van der Waals surface area contributed by atoms with Crippen LogP contribution in [0.5, 0.6) is 0 Å². The predicted octanol–water partition coefficient (Wildman–Crippen LogP) is 1.01. The highest BCUT2D eigenvalue weighted by Gasteiger charge is 2.25. The zero-order chi connectivity index (χ0) is 14.0. The monoisotopic (exact) mass is 263 g/mol. The average Bonchev–Trinajstić information content (AvgIpc) is 2.80. The van der Waals surface area contributed by atoms with E-state index >= 15 is 0 Å². The summed E-state index contributed by atoms with van der Waals surface area (Å²) < 4.78 is 1.39. The van der Waals surface area contributed by atoms with Crippen molar-refractivity contribution in [2.75, 3.05) is 13.1 Å². The van der Waals surface area contributed by atoms with E-state index in [-0.39, 0.29) is 17.5 Å². The van der Waals surface area contributed by atoms with Gasteiger partial charge in [0.2, 0.25) is 5.91 Å². The molecule has 1 aromatic heterocycles. The van der Waals surface area contributed by atoms with Gasteiger partial charge in [-0.1, -0.05) is 6.58 Å². The Morgan fingerprint density at radius 1 is 1.47 bits per heavy atom. The van der Waals surface area contributed by atoms with E-state index in [2.05, 4.69) is 11.7 Å². The summed E-state index contributed by atoms with van der Waals surface area (Å²) in [7, 11) is 1.63. The second kappa shape index (κ2) is 5.26. The van der Waals surface area contributed by atoms with Crippen LogP contribution in [-0.4, -0.2) is 44.8 Å². The first kappa shape index (κ1) is 13.3. The predicted molar refractivity (Wildman–Crippen MR) is 68.9 cm³/mol. The van der Waals surface area contributed by atoms with E-state index in [1.165, 1.54) is 10.8 Å². The Labute approximate surface area is 111 Å². The van der Waals surface area contributed by atoms with Crippen LogP contribution < -0.4 is 0 Å². The molecule has 0 bridgehead atoms. The quantitative estimate of drug-likeness (QED) is 0.826. The third kappa shape index (κ3) is 2.67. The number of aryl methyl sites for hydroxylation is 1. The SMILES string of the molecule is C=CC(=O)N1CCC(c2cc(C(=O)O)n(C)n2)CC1. The highest BCUT2D eigenvalue weighted by atomic mass is 16.4. The minimum absolute atomic E-state index is 0.0503. The van der Waals surface area contributed by atoms with Crippen molar-refractivity contribution in [1.82, 2.24) is 14.7 Å². The molecule has 1 saturated heterocycles. The van der Waals surface area contributed by atoms with Crippen molar-refractivity contribution in [1.29, 1.82) is 0 Å². The standard InChI is InChI=1S/C13H17N3O3/c1-3-12(17)16-6-4-9(5-7-16)10-8-11(13(18)19)15(2)14-10/h3,8-9H,1,4-7H2,2H3,(H,18,19). The van der Waals surface area contributed by atoms with E-state index in [0.717, 1.165) is 18.5 Å². The Balaban J connectivity index is 2.05. The van der Waals surface area contributed by atoms with Gasteiger partial charge in [0.25, 0.3) is 0 Å². The first-order valence-corrected chi connectivity index (χ1v) is 6.21. The van der Waals surface area contributed by atoms with Gasteiger partial charge in [-0.15, -0.1) is 0 Å². The Morgan fingerprint density at radius 2 is 2.11 bits per heavy atom. The zero-order valence-electron chi connectivity index (χ0n) is 10.9. The van der Waals surface area contributed by atoms with Gasteiger partial charge in [0, 0.05) is 26.1 Å². The van der Waals surface area contributed by atoms with Gasteiger partial charge in [-0.25, -0.2) is 4.79 Å². The van der Waals surface area contributed by atoms with Crippen LogP contribution in [-0.2, 0) is 11.8 Å². The number of piperidine rings is 1. The van der Waals surface area contributed by atoms with Gasteiger partial charge in [-0.2, -0.15) is 5.10 Å². The lowest BCUT2D eigenvalue weighted by Crippen LogP contribution is -2.36. The largest absolute Gasteiger partial charge is 0.477 e. The van der Waals surface area contributed by atoms with Gasteiger partial charge in [0.1, 0.15) is 5.69 Å². The molecule has 2 rings (SSSR count). The van der Waals surface area contributed by atoms with Gasteiger partial charge in [-0.3, -0.25) is 9.48 Å². The smallest absolute Gasteiger partial charge is 0.354 e. The van der Waals surface area contributed by atoms with Gasteiger partial charge < -0.3 is 10.0 Å². The maximum absolute atomic E-state index is 11.5. The molecule has 1 amide bonds. The number of hydrogen-bond acceptors (Lipinski definition) is 3. The van der Waals surface area contributed by atoms with Crippen LogP contribution in [0.4, 0.5) is 0 Å². The number of aromatic carboxylic acids is 1. The van der Waals surface area contributed by atoms with Crippen molar-refractivity contribution in [3.63, 3.8) is 0 Å². The number of carboxylic acid groups (broad SMARTS) is 1. The molecule has 19 heavy (non-hydrogen) atoms. The molecule has 1 aliphatic rings. The highest BCUT2D eigenvalue weighted by molar-refractivity contribution is 5.87. The summed E-state index contributed by atoms with van der Waals surface area (Å²) in [5, 5.41) is 13.3. The summed E-state index contributed by atoms with van der Waals surface area (Å²) in [5.41, 5.74) is 0.991. The number of carboxylic acids is 1. The summed E-state index contributed by atoms with van der Waals surface area (Å²) in [6.45, 7) is 4.80. The lowest BCUT2D eigenvalue weighted by atomic mass is 9.93. The van der Waals surface area contributed by atoms with E-state index in [0.29, 0.717) is 13.1 Å². The van der Waals surface area contributed by atoms with Gasteiger partial charge in [-0.05, 0) is 25.0 Å². The maximum atomic E-state index is 11.5. The molecular formula is C13H17N3O3. The molecule has 0 unspecified atom stereocenters. The molecule has 1 N–H and O–H groups in total. The summed E-state index contributed by atoms with van der Waals surface area (Å²) >= 11 is 0.